The number of carbonyl (C=O) groups excluding carboxylic acids is 2. The predicted octanol–water partition coefficient (Wildman–Crippen LogP) is 4.34. The van der Waals surface area contributed by atoms with E-state index in [4.69, 9.17) is 0 Å². The Balaban J connectivity index is 1.90. The van der Waals surface area contributed by atoms with Crippen LogP contribution in [-0.4, -0.2) is 33.0 Å². The molecular weight excluding hydrogens is 465 g/mol. The van der Waals surface area contributed by atoms with E-state index in [0.717, 1.165) is 15.3 Å². The summed E-state index contributed by atoms with van der Waals surface area (Å²) in [6, 6.07) is 17.7. The van der Waals surface area contributed by atoms with Gasteiger partial charge in [-0.15, -0.1) is 11.8 Å². The Hall–Kier alpha value is -3.37. The van der Waals surface area contributed by atoms with Gasteiger partial charge in [0.15, 0.2) is 0 Å². The third-order valence-corrected chi connectivity index (χ3v) is 7.03. The maximum absolute atomic E-state index is 13.9. The van der Waals surface area contributed by atoms with Crippen LogP contribution >= 0.6 is 11.8 Å². The number of carbonyl (C=O) groups is 2. The number of nitrogens with one attached hydrogen (secondary N) is 2. The summed E-state index contributed by atoms with van der Waals surface area (Å²) in [6.07, 6.45) is 1.87. The molecule has 172 valence electrons. The van der Waals surface area contributed by atoms with Crippen molar-refractivity contribution in [1.82, 2.24) is 0 Å². The van der Waals surface area contributed by atoms with Crippen LogP contribution in [0.4, 0.5) is 21.5 Å². The molecule has 0 heterocycles. The predicted molar refractivity (Wildman–Crippen MR) is 129 cm³/mol. The van der Waals surface area contributed by atoms with Gasteiger partial charge in [0.2, 0.25) is 11.8 Å². The number of halogens is 1. The second-order valence-corrected chi connectivity index (χ2v) is 9.72. The topological polar surface area (TPSA) is 95.6 Å². The lowest BCUT2D eigenvalue weighted by Gasteiger charge is -2.24. The zero-order chi connectivity index (χ0) is 24.0. The minimum absolute atomic E-state index is 0.0195. The van der Waals surface area contributed by atoms with Gasteiger partial charge in [-0.2, -0.15) is 0 Å². The van der Waals surface area contributed by atoms with Crippen LogP contribution in [-0.2, 0) is 19.6 Å². The fraction of sp³-hybridized carbons (Fsp3) is 0.130. The van der Waals surface area contributed by atoms with E-state index in [1.807, 2.05) is 6.26 Å². The molecule has 0 spiro atoms. The van der Waals surface area contributed by atoms with Crippen molar-refractivity contribution in [3.8, 4) is 0 Å². The van der Waals surface area contributed by atoms with Crippen molar-refractivity contribution in [3.63, 3.8) is 0 Å². The van der Waals surface area contributed by atoms with E-state index < -0.39 is 28.3 Å². The van der Waals surface area contributed by atoms with Crippen LogP contribution in [0.1, 0.15) is 6.92 Å². The van der Waals surface area contributed by atoms with Crippen LogP contribution in [0.2, 0.25) is 0 Å². The zero-order valence-electron chi connectivity index (χ0n) is 17.9. The number of thioether (sulfide) groups is 1. The fourth-order valence-electron chi connectivity index (χ4n) is 3.03. The smallest absolute Gasteiger partial charge is 0.264 e. The molecule has 0 unspecified atom stereocenters. The number of nitrogens with zero attached hydrogens (tertiary/aromatic N) is 1. The highest BCUT2D eigenvalue weighted by Gasteiger charge is 2.27. The number of hydrogen-bond donors (Lipinski definition) is 2. The lowest BCUT2D eigenvalue weighted by Crippen LogP contribution is -2.38. The van der Waals surface area contributed by atoms with Crippen LogP contribution in [0.5, 0.6) is 0 Å². The quantitative estimate of drug-likeness (QED) is 0.461. The normalized spacial score (nSPS) is 11.0. The molecule has 0 fully saturated rings. The van der Waals surface area contributed by atoms with Crippen molar-refractivity contribution in [1.29, 1.82) is 0 Å². The molecule has 0 radical (unpaired) electrons. The minimum Gasteiger partial charge on any atom is -0.326 e. The summed E-state index contributed by atoms with van der Waals surface area (Å²) >= 11 is 1.46. The van der Waals surface area contributed by atoms with Gasteiger partial charge in [0.05, 0.1) is 10.6 Å². The molecule has 0 saturated carbocycles. The summed E-state index contributed by atoms with van der Waals surface area (Å²) < 4.78 is 41.5. The Labute approximate surface area is 196 Å². The van der Waals surface area contributed by atoms with E-state index in [9.17, 15) is 22.4 Å². The number of amides is 2. The average Bonchev–Trinajstić information content (AvgIpc) is 2.77. The monoisotopic (exact) mass is 487 g/mol. The molecule has 0 aliphatic heterocycles. The standard InChI is InChI=1S/C23H22FN3O4S2/c1-16(28)25-18-6-4-7-19(14-18)26-23(29)15-27(20-8-3-5-17(24)13-20)33(30,31)22-11-9-21(32-2)10-12-22/h3-14H,15H2,1-2H3,(H,25,28)(H,26,29). The molecule has 0 aliphatic carbocycles. The highest BCUT2D eigenvalue weighted by atomic mass is 32.2. The average molecular weight is 488 g/mol. The summed E-state index contributed by atoms with van der Waals surface area (Å²) in [4.78, 5) is 24.9. The van der Waals surface area contributed by atoms with Gasteiger partial charge in [-0.05, 0) is 66.9 Å². The lowest BCUT2D eigenvalue weighted by atomic mass is 10.2. The zero-order valence-corrected chi connectivity index (χ0v) is 19.5. The molecule has 3 aromatic rings. The Morgan fingerprint density at radius 3 is 2.18 bits per heavy atom. The van der Waals surface area contributed by atoms with E-state index in [1.165, 1.54) is 49.0 Å². The van der Waals surface area contributed by atoms with Crippen LogP contribution in [0.15, 0.2) is 82.6 Å². The van der Waals surface area contributed by atoms with Crippen molar-refractivity contribution in [2.45, 2.75) is 16.7 Å². The Kier molecular flexibility index (Phi) is 7.72. The summed E-state index contributed by atoms with van der Waals surface area (Å²) in [5, 5.41) is 5.23. The molecule has 10 heteroatoms. The summed E-state index contributed by atoms with van der Waals surface area (Å²) in [7, 11) is -4.17. The molecule has 0 aliphatic rings. The molecule has 33 heavy (non-hydrogen) atoms. The number of benzene rings is 3. The van der Waals surface area contributed by atoms with E-state index in [2.05, 4.69) is 10.6 Å². The first-order chi connectivity index (χ1) is 15.7. The van der Waals surface area contributed by atoms with Gasteiger partial charge < -0.3 is 10.6 Å². The van der Waals surface area contributed by atoms with Crippen LogP contribution < -0.4 is 14.9 Å². The number of anilines is 3. The van der Waals surface area contributed by atoms with Gasteiger partial charge in [-0.3, -0.25) is 13.9 Å². The summed E-state index contributed by atoms with van der Waals surface area (Å²) in [6.45, 7) is 0.777. The Bertz CT molecular complexity index is 1260. The highest BCUT2D eigenvalue weighted by Crippen LogP contribution is 2.26. The van der Waals surface area contributed by atoms with Gasteiger partial charge >= 0.3 is 0 Å². The lowest BCUT2D eigenvalue weighted by molar-refractivity contribution is -0.115. The van der Waals surface area contributed by atoms with E-state index in [1.54, 1.807) is 36.4 Å². The second kappa shape index (κ2) is 10.5. The molecule has 7 nitrogen and oxygen atoms in total. The maximum atomic E-state index is 13.9. The molecular formula is C23H22FN3O4S2. The first kappa shape index (κ1) is 24.3. The second-order valence-electron chi connectivity index (χ2n) is 6.98. The van der Waals surface area contributed by atoms with Gasteiger partial charge in [0.25, 0.3) is 10.0 Å². The van der Waals surface area contributed by atoms with Crippen molar-refractivity contribution in [2.75, 3.05) is 27.7 Å². The van der Waals surface area contributed by atoms with Crippen LogP contribution in [0.25, 0.3) is 0 Å². The third kappa shape index (κ3) is 6.33. The maximum Gasteiger partial charge on any atom is 0.264 e. The van der Waals surface area contributed by atoms with Gasteiger partial charge in [0.1, 0.15) is 12.4 Å². The van der Waals surface area contributed by atoms with Crippen molar-refractivity contribution >= 4 is 50.7 Å². The molecule has 0 atom stereocenters. The van der Waals surface area contributed by atoms with Gasteiger partial charge in [-0.25, -0.2) is 12.8 Å². The molecule has 2 N–H and O–H groups in total. The van der Waals surface area contributed by atoms with Crippen LogP contribution in [0.3, 0.4) is 0 Å². The first-order valence-corrected chi connectivity index (χ1v) is 12.5. The van der Waals surface area contributed by atoms with E-state index in [0.29, 0.717) is 11.4 Å². The minimum atomic E-state index is -4.17. The molecule has 3 rings (SSSR count). The Morgan fingerprint density at radius 1 is 0.939 bits per heavy atom. The molecule has 0 saturated heterocycles. The first-order valence-electron chi connectivity index (χ1n) is 9.79. The van der Waals surface area contributed by atoms with Crippen molar-refractivity contribution in [3.05, 3.63) is 78.6 Å². The van der Waals surface area contributed by atoms with Crippen LogP contribution in [0, 0.1) is 5.82 Å². The Morgan fingerprint density at radius 2 is 1.58 bits per heavy atom. The van der Waals surface area contributed by atoms with Crippen molar-refractivity contribution in [2.24, 2.45) is 0 Å². The fourth-order valence-corrected chi connectivity index (χ4v) is 4.85. The summed E-state index contributed by atoms with van der Waals surface area (Å²) in [5.74, 6) is -1.54. The molecule has 2 amide bonds. The molecule has 0 bridgehead atoms. The molecule has 3 aromatic carbocycles. The van der Waals surface area contributed by atoms with Gasteiger partial charge in [-0.1, -0.05) is 12.1 Å². The summed E-state index contributed by atoms with van der Waals surface area (Å²) in [5.41, 5.74) is 0.863. The SMILES string of the molecule is CSc1ccc(S(=O)(=O)N(CC(=O)Nc2cccc(NC(C)=O)c2)c2cccc(F)c2)cc1. The number of hydrogen-bond acceptors (Lipinski definition) is 5. The van der Waals surface area contributed by atoms with E-state index in [-0.39, 0.29) is 16.5 Å². The number of sulfonamides is 1. The van der Waals surface area contributed by atoms with E-state index >= 15 is 0 Å². The third-order valence-electron chi connectivity index (χ3n) is 4.50. The highest BCUT2D eigenvalue weighted by molar-refractivity contribution is 7.98. The number of rotatable bonds is 8. The van der Waals surface area contributed by atoms with Gasteiger partial charge in [0, 0.05) is 23.2 Å². The molecule has 0 aromatic heterocycles. The van der Waals surface area contributed by atoms with Crippen molar-refractivity contribution < 1.29 is 22.4 Å². The largest absolute Gasteiger partial charge is 0.326 e.